The number of rotatable bonds is 11. The first-order chi connectivity index (χ1) is 10.2. The maximum absolute atomic E-state index is 6.30. The third kappa shape index (κ3) is 6.28. The minimum absolute atomic E-state index is 0.113. The first kappa shape index (κ1) is 17.7. The largest absolute Gasteiger partial charge is 0.290 e. The summed E-state index contributed by atoms with van der Waals surface area (Å²) in [6, 6.07) is 10.8. The molecule has 2 atom stereocenters. The summed E-state index contributed by atoms with van der Waals surface area (Å²) in [6.45, 7) is 12.8. The van der Waals surface area contributed by atoms with Gasteiger partial charge in [-0.2, -0.15) is 5.06 Å². The van der Waals surface area contributed by atoms with Crippen molar-refractivity contribution in [2.45, 2.75) is 51.7 Å². The van der Waals surface area contributed by atoms with Gasteiger partial charge in [0.25, 0.3) is 0 Å². The Kier molecular flexibility index (Phi) is 8.72. The molecule has 2 unspecified atom stereocenters. The standard InChI is InChI=1S/C19H29NO/c1-5-8-13-17(4)20(16-7-3)21-19(12-6-2)18-14-10-9-11-15-18/h5,7,9-11,14-15,17,19H,1,3,6,8,12-13,16H2,2,4H3. The van der Waals surface area contributed by atoms with E-state index in [0.29, 0.717) is 6.04 Å². The van der Waals surface area contributed by atoms with Gasteiger partial charge in [0.1, 0.15) is 6.10 Å². The van der Waals surface area contributed by atoms with Crippen molar-refractivity contribution in [2.24, 2.45) is 0 Å². The zero-order valence-corrected chi connectivity index (χ0v) is 13.5. The third-order valence-electron chi connectivity index (χ3n) is 3.57. The van der Waals surface area contributed by atoms with Gasteiger partial charge < -0.3 is 0 Å². The molecule has 1 rings (SSSR count). The van der Waals surface area contributed by atoms with Crippen molar-refractivity contribution in [3.05, 3.63) is 61.2 Å². The van der Waals surface area contributed by atoms with E-state index in [9.17, 15) is 0 Å². The van der Waals surface area contributed by atoms with Crippen LogP contribution >= 0.6 is 0 Å². The lowest BCUT2D eigenvalue weighted by atomic mass is 10.1. The first-order valence-electron chi connectivity index (χ1n) is 7.93. The highest BCUT2D eigenvalue weighted by molar-refractivity contribution is 5.17. The van der Waals surface area contributed by atoms with Crippen LogP contribution in [-0.2, 0) is 4.84 Å². The SMILES string of the molecule is C=CCCC(C)N(CC=C)OC(CCC)c1ccccc1. The van der Waals surface area contributed by atoms with E-state index < -0.39 is 0 Å². The van der Waals surface area contributed by atoms with Crippen molar-refractivity contribution in [3.63, 3.8) is 0 Å². The topological polar surface area (TPSA) is 12.5 Å². The molecule has 0 saturated carbocycles. The zero-order valence-electron chi connectivity index (χ0n) is 13.5. The molecule has 1 aromatic rings. The second-order valence-corrected chi connectivity index (χ2v) is 5.40. The first-order valence-corrected chi connectivity index (χ1v) is 7.93. The highest BCUT2D eigenvalue weighted by Gasteiger charge is 2.19. The highest BCUT2D eigenvalue weighted by Crippen LogP contribution is 2.25. The Balaban J connectivity index is 2.76. The summed E-state index contributed by atoms with van der Waals surface area (Å²) < 4.78 is 0. The van der Waals surface area contributed by atoms with Crippen molar-refractivity contribution in [1.82, 2.24) is 5.06 Å². The van der Waals surface area contributed by atoms with E-state index in [0.717, 1.165) is 32.2 Å². The van der Waals surface area contributed by atoms with Crippen molar-refractivity contribution in [2.75, 3.05) is 6.54 Å². The maximum Gasteiger partial charge on any atom is 0.104 e. The number of hydrogen-bond donors (Lipinski definition) is 0. The lowest BCUT2D eigenvalue weighted by Crippen LogP contribution is -2.34. The normalized spacial score (nSPS) is 13.9. The number of hydroxylamine groups is 2. The van der Waals surface area contributed by atoms with Crippen LogP contribution in [0.2, 0.25) is 0 Å². The minimum Gasteiger partial charge on any atom is -0.290 e. The molecular weight excluding hydrogens is 258 g/mol. The molecule has 116 valence electrons. The van der Waals surface area contributed by atoms with Crippen LogP contribution < -0.4 is 0 Å². The average Bonchev–Trinajstić information content (AvgIpc) is 2.52. The fourth-order valence-corrected chi connectivity index (χ4v) is 2.33. The molecule has 2 nitrogen and oxygen atoms in total. The highest BCUT2D eigenvalue weighted by atomic mass is 16.7. The smallest absolute Gasteiger partial charge is 0.104 e. The van der Waals surface area contributed by atoms with Crippen molar-refractivity contribution >= 4 is 0 Å². The van der Waals surface area contributed by atoms with Crippen LogP contribution in [0.4, 0.5) is 0 Å². The van der Waals surface area contributed by atoms with Crippen LogP contribution in [0, 0.1) is 0 Å². The van der Waals surface area contributed by atoms with Crippen molar-refractivity contribution < 1.29 is 4.84 Å². The summed E-state index contributed by atoms with van der Waals surface area (Å²) in [6.07, 6.45) is 8.14. The molecule has 1 aromatic carbocycles. The van der Waals surface area contributed by atoms with Gasteiger partial charge >= 0.3 is 0 Å². The number of benzene rings is 1. The van der Waals surface area contributed by atoms with E-state index in [1.807, 2.05) is 18.2 Å². The Bertz CT molecular complexity index is 401. The van der Waals surface area contributed by atoms with Crippen molar-refractivity contribution in [1.29, 1.82) is 0 Å². The Morgan fingerprint density at radius 1 is 1.14 bits per heavy atom. The predicted octanol–water partition coefficient (Wildman–Crippen LogP) is 5.30. The average molecular weight is 287 g/mol. The van der Waals surface area contributed by atoms with E-state index in [2.05, 4.69) is 56.3 Å². The van der Waals surface area contributed by atoms with Gasteiger partial charge in [-0.15, -0.1) is 13.2 Å². The van der Waals surface area contributed by atoms with Crippen LogP contribution in [0.5, 0.6) is 0 Å². The lowest BCUT2D eigenvalue weighted by Gasteiger charge is -2.31. The van der Waals surface area contributed by atoms with Crippen LogP contribution in [0.1, 0.15) is 51.2 Å². The van der Waals surface area contributed by atoms with Gasteiger partial charge in [-0.1, -0.05) is 55.8 Å². The van der Waals surface area contributed by atoms with Gasteiger partial charge in [0, 0.05) is 12.6 Å². The van der Waals surface area contributed by atoms with Crippen molar-refractivity contribution in [3.8, 4) is 0 Å². The van der Waals surface area contributed by atoms with Gasteiger partial charge in [-0.3, -0.25) is 4.84 Å². The van der Waals surface area contributed by atoms with Crippen LogP contribution in [-0.4, -0.2) is 17.6 Å². The molecule has 0 heterocycles. The molecule has 0 saturated heterocycles. The van der Waals surface area contributed by atoms with Gasteiger partial charge in [0.2, 0.25) is 0 Å². The quantitative estimate of drug-likeness (QED) is 0.404. The molecule has 0 aromatic heterocycles. The van der Waals surface area contributed by atoms with E-state index in [-0.39, 0.29) is 6.10 Å². The summed E-state index contributed by atoms with van der Waals surface area (Å²) >= 11 is 0. The molecular formula is C19H29NO. The zero-order chi connectivity index (χ0) is 15.5. The maximum atomic E-state index is 6.30. The lowest BCUT2D eigenvalue weighted by molar-refractivity contribution is -0.217. The number of allylic oxidation sites excluding steroid dienone is 1. The summed E-state index contributed by atoms with van der Waals surface area (Å²) in [5.74, 6) is 0. The predicted molar refractivity (Wildman–Crippen MR) is 91.0 cm³/mol. The second-order valence-electron chi connectivity index (χ2n) is 5.40. The molecule has 0 bridgehead atoms. The molecule has 0 aliphatic carbocycles. The van der Waals surface area contributed by atoms with E-state index in [1.165, 1.54) is 5.56 Å². The Morgan fingerprint density at radius 3 is 2.43 bits per heavy atom. The van der Waals surface area contributed by atoms with Gasteiger partial charge in [0.15, 0.2) is 0 Å². The van der Waals surface area contributed by atoms with Gasteiger partial charge in [0.05, 0.1) is 0 Å². The molecule has 0 N–H and O–H groups in total. The Labute approximate surface area is 130 Å². The van der Waals surface area contributed by atoms with E-state index in [4.69, 9.17) is 4.84 Å². The minimum atomic E-state index is 0.113. The van der Waals surface area contributed by atoms with Gasteiger partial charge in [-0.05, 0) is 31.7 Å². The molecule has 0 spiro atoms. The fraction of sp³-hybridized carbons (Fsp3) is 0.474. The molecule has 0 amide bonds. The molecule has 0 fully saturated rings. The third-order valence-corrected chi connectivity index (χ3v) is 3.57. The monoisotopic (exact) mass is 287 g/mol. The van der Waals surface area contributed by atoms with Crippen LogP contribution in [0.25, 0.3) is 0 Å². The van der Waals surface area contributed by atoms with Gasteiger partial charge in [-0.25, -0.2) is 0 Å². The van der Waals surface area contributed by atoms with E-state index in [1.54, 1.807) is 0 Å². The molecule has 0 aliphatic rings. The summed E-state index contributed by atoms with van der Waals surface area (Å²) in [4.78, 5) is 6.30. The Morgan fingerprint density at radius 2 is 1.86 bits per heavy atom. The summed E-state index contributed by atoms with van der Waals surface area (Å²) in [7, 11) is 0. The molecule has 0 radical (unpaired) electrons. The Hall–Kier alpha value is -1.38. The number of nitrogens with zero attached hydrogens (tertiary/aromatic N) is 1. The molecule has 0 aliphatic heterocycles. The summed E-state index contributed by atoms with van der Waals surface area (Å²) in [5, 5.41) is 2.06. The molecule has 21 heavy (non-hydrogen) atoms. The number of hydrogen-bond acceptors (Lipinski definition) is 2. The molecule has 2 heteroatoms. The second kappa shape index (κ2) is 10.4. The van der Waals surface area contributed by atoms with Crippen LogP contribution in [0.3, 0.4) is 0 Å². The van der Waals surface area contributed by atoms with E-state index >= 15 is 0 Å². The summed E-state index contributed by atoms with van der Waals surface area (Å²) in [5.41, 5.74) is 1.24. The fourth-order valence-electron chi connectivity index (χ4n) is 2.33. The van der Waals surface area contributed by atoms with Crippen LogP contribution in [0.15, 0.2) is 55.6 Å².